The molecule has 1 heterocycles. The molecule has 0 amide bonds. The Kier molecular flexibility index (Phi) is 3.98. The van der Waals surface area contributed by atoms with Crippen LogP contribution in [0.2, 0.25) is 0 Å². The normalized spacial score (nSPS) is 18.4. The quantitative estimate of drug-likeness (QED) is 0.627. The van der Waals surface area contributed by atoms with E-state index in [9.17, 15) is 9.59 Å². The van der Waals surface area contributed by atoms with E-state index in [1.54, 1.807) is 0 Å². The highest BCUT2D eigenvalue weighted by Crippen LogP contribution is 2.36. The third-order valence-electron chi connectivity index (χ3n) is 4.93. The number of allylic oxidation sites excluding steroid dienone is 6. The van der Waals surface area contributed by atoms with Gasteiger partial charge in [-0.25, -0.2) is 0 Å². The molecule has 0 saturated heterocycles. The van der Waals surface area contributed by atoms with Crippen molar-refractivity contribution in [1.29, 1.82) is 0 Å². The molecule has 5 rings (SSSR count). The van der Waals surface area contributed by atoms with Gasteiger partial charge in [-0.05, 0) is 36.7 Å². The standard InChI is InChI=1S/C21H20N2O2/c1-22-7-6-20(25)21-17-11-16(4-5-18(17)23-19(21)12-24)15-3-2-13-8-14(9-13)10-15/h2-5,8,10-12,14,22-23H,6-7,9H2,1H3. The van der Waals surface area contributed by atoms with Gasteiger partial charge in [0.25, 0.3) is 0 Å². The summed E-state index contributed by atoms with van der Waals surface area (Å²) >= 11 is 0. The largest absolute Gasteiger partial charge is 0.352 e. The number of nitrogens with one attached hydrogen (secondary N) is 2. The molecule has 0 saturated carbocycles. The van der Waals surface area contributed by atoms with Gasteiger partial charge in [-0.15, -0.1) is 0 Å². The van der Waals surface area contributed by atoms with Gasteiger partial charge in [0.1, 0.15) is 0 Å². The molecule has 4 nitrogen and oxygen atoms in total. The van der Waals surface area contributed by atoms with Crippen molar-refractivity contribution >= 4 is 28.5 Å². The number of aromatic nitrogens is 1. The molecule has 4 heteroatoms. The Bertz CT molecular complexity index is 960. The van der Waals surface area contributed by atoms with E-state index in [1.807, 2.05) is 25.2 Å². The molecule has 0 spiro atoms. The highest BCUT2D eigenvalue weighted by atomic mass is 16.1. The lowest BCUT2D eigenvalue weighted by atomic mass is 9.87. The summed E-state index contributed by atoms with van der Waals surface area (Å²) in [6, 6.07) is 6.02. The van der Waals surface area contributed by atoms with E-state index in [1.165, 1.54) is 5.57 Å². The van der Waals surface area contributed by atoms with Crippen molar-refractivity contribution < 1.29 is 9.59 Å². The molecule has 25 heavy (non-hydrogen) atoms. The molecule has 2 bridgehead atoms. The second-order valence-corrected chi connectivity index (χ2v) is 6.63. The van der Waals surface area contributed by atoms with E-state index >= 15 is 0 Å². The minimum atomic E-state index is -0.0172. The average molecular weight is 332 g/mol. The molecule has 0 radical (unpaired) electrons. The summed E-state index contributed by atoms with van der Waals surface area (Å²) in [5.74, 6) is 0.487. The zero-order valence-corrected chi connectivity index (χ0v) is 14.1. The molecule has 3 aliphatic rings. The van der Waals surface area contributed by atoms with Crippen LogP contribution in [0.5, 0.6) is 0 Å². The Morgan fingerprint density at radius 3 is 2.92 bits per heavy atom. The summed E-state index contributed by atoms with van der Waals surface area (Å²) in [5, 5.41) is 3.80. The smallest absolute Gasteiger partial charge is 0.167 e. The summed E-state index contributed by atoms with van der Waals surface area (Å²) < 4.78 is 0. The van der Waals surface area contributed by atoms with Crippen LogP contribution in [0.25, 0.3) is 16.5 Å². The van der Waals surface area contributed by atoms with Gasteiger partial charge in [-0.3, -0.25) is 9.59 Å². The van der Waals surface area contributed by atoms with Gasteiger partial charge in [-0.2, -0.15) is 0 Å². The van der Waals surface area contributed by atoms with Crippen LogP contribution >= 0.6 is 0 Å². The summed E-state index contributed by atoms with van der Waals surface area (Å²) in [6.45, 7) is 0.591. The Hall–Kier alpha value is -2.72. The molecular formula is C21H20N2O2. The van der Waals surface area contributed by atoms with Gasteiger partial charge < -0.3 is 10.3 Å². The lowest BCUT2D eigenvalue weighted by Gasteiger charge is -2.18. The first-order valence-electron chi connectivity index (χ1n) is 8.59. The topological polar surface area (TPSA) is 62.0 Å². The SMILES string of the molecule is CNCCC(=O)c1c(C=O)[nH]c2ccc(C3=CC4C=C(C=C3)C4)cc12. The molecule has 2 N–H and O–H groups in total. The number of Topliss-reactive ketones (excluding diaryl/α,β-unsaturated/α-hetero) is 1. The second-order valence-electron chi connectivity index (χ2n) is 6.63. The number of rotatable bonds is 6. The second kappa shape index (κ2) is 6.30. The van der Waals surface area contributed by atoms with E-state index in [0.717, 1.165) is 34.7 Å². The minimum absolute atomic E-state index is 0.0172. The zero-order valence-electron chi connectivity index (χ0n) is 14.1. The number of hydrogen-bond acceptors (Lipinski definition) is 3. The number of fused-ring (bicyclic) bond motifs is 2. The molecule has 1 aromatic carbocycles. The number of aromatic amines is 1. The number of benzene rings is 1. The van der Waals surface area contributed by atoms with Gasteiger partial charge in [-0.1, -0.05) is 35.9 Å². The predicted molar refractivity (Wildman–Crippen MR) is 99.9 cm³/mol. The van der Waals surface area contributed by atoms with Crippen molar-refractivity contribution in [2.45, 2.75) is 12.8 Å². The molecule has 1 atom stereocenters. The van der Waals surface area contributed by atoms with Crippen LogP contribution in [-0.2, 0) is 0 Å². The van der Waals surface area contributed by atoms with Gasteiger partial charge in [0.05, 0.1) is 11.3 Å². The van der Waals surface area contributed by atoms with Gasteiger partial charge in [0.2, 0.25) is 0 Å². The first kappa shape index (κ1) is 15.8. The molecule has 1 aromatic heterocycles. The number of carbonyl (C=O) groups is 2. The van der Waals surface area contributed by atoms with Crippen LogP contribution in [0, 0.1) is 5.92 Å². The third-order valence-corrected chi connectivity index (χ3v) is 4.93. The minimum Gasteiger partial charge on any atom is -0.352 e. The monoisotopic (exact) mass is 332 g/mol. The number of hydrogen-bond donors (Lipinski definition) is 2. The van der Waals surface area contributed by atoms with E-state index < -0.39 is 0 Å². The van der Waals surface area contributed by atoms with Crippen LogP contribution in [0.3, 0.4) is 0 Å². The van der Waals surface area contributed by atoms with E-state index in [2.05, 4.69) is 34.6 Å². The van der Waals surface area contributed by atoms with Crippen LogP contribution in [0.4, 0.5) is 0 Å². The Morgan fingerprint density at radius 2 is 2.16 bits per heavy atom. The van der Waals surface area contributed by atoms with Crippen molar-refractivity contribution in [1.82, 2.24) is 10.3 Å². The summed E-state index contributed by atoms with van der Waals surface area (Å²) in [7, 11) is 1.81. The molecular weight excluding hydrogens is 312 g/mol. The highest BCUT2D eigenvalue weighted by molar-refractivity contribution is 6.13. The summed E-state index contributed by atoms with van der Waals surface area (Å²) in [6.07, 6.45) is 11.0. The lowest BCUT2D eigenvalue weighted by Crippen LogP contribution is -2.13. The van der Waals surface area contributed by atoms with E-state index in [-0.39, 0.29) is 5.78 Å². The fraction of sp³-hybridized carbons (Fsp3) is 0.238. The van der Waals surface area contributed by atoms with Crippen LogP contribution in [0.15, 0.2) is 48.1 Å². The van der Waals surface area contributed by atoms with E-state index in [0.29, 0.717) is 30.1 Å². The van der Waals surface area contributed by atoms with Crippen molar-refractivity contribution in [3.05, 3.63) is 64.9 Å². The maximum atomic E-state index is 12.6. The molecule has 2 aromatic rings. The number of ketones is 1. The molecule has 1 unspecified atom stereocenters. The lowest BCUT2D eigenvalue weighted by molar-refractivity contribution is 0.0978. The van der Waals surface area contributed by atoms with Crippen molar-refractivity contribution in [3.63, 3.8) is 0 Å². The number of aldehydes is 1. The van der Waals surface area contributed by atoms with Gasteiger partial charge in [0.15, 0.2) is 12.1 Å². The average Bonchev–Trinajstić information content (AvgIpc) is 2.73. The van der Waals surface area contributed by atoms with Crippen LogP contribution < -0.4 is 5.32 Å². The molecule has 0 aliphatic heterocycles. The third kappa shape index (κ3) is 2.79. The van der Waals surface area contributed by atoms with Gasteiger partial charge in [0, 0.05) is 29.8 Å². The summed E-state index contributed by atoms with van der Waals surface area (Å²) in [5.41, 5.74) is 5.31. The molecule has 126 valence electrons. The molecule has 0 fully saturated rings. The van der Waals surface area contributed by atoms with Crippen LogP contribution in [-0.4, -0.2) is 30.6 Å². The van der Waals surface area contributed by atoms with Gasteiger partial charge >= 0.3 is 0 Å². The van der Waals surface area contributed by atoms with Crippen molar-refractivity contribution in [2.75, 3.05) is 13.6 Å². The van der Waals surface area contributed by atoms with E-state index in [4.69, 9.17) is 0 Å². The fourth-order valence-electron chi connectivity index (χ4n) is 3.56. The number of H-pyrrole nitrogens is 1. The Labute approximate surface area is 146 Å². The first-order chi connectivity index (χ1) is 12.2. The maximum absolute atomic E-state index is 12.6. The Balaban J connectivity index is 1.79. The number of carbonyl (C=O) groups excluding carboxylic acids is 2. The fourth-order valence-corrected chi connectivity index (χ4v) is 3.56. The zero-order chi connectivity index (χ0) is 17.4. The van der Waals surface area contributed by atoms with Crippen molar-refractivity contribution in [2.24, 2.45) is 5.92 Å². The predicted octanol–water partition coefficient (Wildman–Crippen LogP) is 3.67. The maximum Gasteiger partial charge on any atom is 0.167 e. The van der Waals surface area contributed by atoms with Crippen molar-refractivity contribution in [3.8, 4) is 0 Å². The highest BCUT2D eigenvalue weighted by Gasteiger charge is 2.21. The summed E-state index contributed by atoms with van der Waals surface area (Å²) in [4.78, 5) is 27.1. The van der Waals surface area contributed by atoms with Crippen LogP contribution in [0.1, 0.15) is 39.3 Å². The Morgan fingerprint density at radius 1 is 1.32 bits per heavy atom. The molecule has 3 aliphatic carbocycles. The first-order valence-corrected chi connectivity index (χ1v) is 8.59.